The van der Waals surface area contributed by atoms with E-state index in [-0.39, 0.29) is 23.4 Å². The number of urea groups is 1. The molecule has 0 radical (unpaired) electrons. The quantitative estimate of drug-likeness (QED) is 0.761. The van der Waals surface area contributed by atoms with Gasteiger partial charge >= 0.3 is 6.03 Å². The van der Waals surface area contributed by atoms with Gasteiger partial charge in [0.25, 0.3) is 0 Å². The Hall–Kier alpha value is -2.17. The number of aryl methyl sites for hydroxylation is 1. The van der Waals surface area contributed by atoms with Gasteiger partial charge in [-0.25, -0.2) is 17.5 Å². The molecule has 1 fully saturated rings. The van der Waals surface area contributed by atoms with Gasteiger partial charge in [-0.3, -0.25) is 9.69 Å². The first-order valence-electron chi connectivity index (χ1n) is 9.04. The summed E-state index contributed by atoms with van der Waals surface area (Å²) in [5.74, 6) is -0.218. The SMILES string of the molecule is Cc1ccc(NC(=O)CN2CCN(C(=O)N(C)C)CC2)cc1S(=O)(=O)N(C)C. The van der Waals surface area contributed by atoms with Crippen LogP contribution in [0.5, 0.6) is 0 Å². The standard InChI is InChI=1S/C18H29N5O4S/c1-14-6-7-15(12-16(14)28(26,27)21(4)5)19-17(24)13-22-8-10-23(11-9-22)18(25)20(2)3/h6-7,12H,8-11,13H2,1-5H3,(H,19,24). The minimum Gasteiger partial charge on any atom is -0.331 e. The van der Waals surface area contributed by atoms with Crippen molar-refractivity contribution in [2.75, 3.05) is 66.2 Å². The molecule has 28 heavy (non-hydrogen) atoms. The predicted octanol–water partition coefficient (Wildman–Crippen LogP) is 0.483. The fraction of sp³-hybridized carbons (Fsp3) is 0.556. The average molecular weight is 412 g/mol. The number of hydrogen-bond donors (Lipinski definition) is 1. The molecule has 10 heteroatoms. The first-order chi connectivity index (χ1) is 13.0. The maximum absolute atomic E-state index is 12.4. The Bertz CT molecular complexity index is 830. The van der Waals surface area contributed by atoms with Crippen molar-refractivity contribution in [3.63, 3.8) is 0 Å². The largest absolute Gasteiger partial charge is 0.331 e. The van der Waals surface area contributed by atoms with Crippen LogP contribution >= 0.6 is 0 Å². The number of benzene rings is 1. The molecule has 1 aliphatic rings. The number of anilines is 1. The topological polar surface area (TPSA) is 93.3 Å². The molecular weight excluding hydrogens is 382 g/mol. The Labute approximate surface area is 166 Å². The zero-order chi connectivity index (χ0) is 21.1. The fourth-order valence-electron chi connectivity index (χ4n) is 2.94. The van der Waals surface area contributed by atoms with Crippen LogP contribution in [-0.4, -0.2) is 100 Å². The summed E-state index contributed by atoms with van der Waals surface area (Å²) < 4.78 is 26.0. The molecule has 0 saturated carbocycles. The molecular formula is C18H29N5O4S. The third-order valence-corrected chi connectivity index (χ3v) is 6.58. The molecule has 0 aromatic heterocycles. The summed E-state index contributed by atoms with van der Waals surface area (Å²) in [6.45, 7) is 4.27. The van der Waals surface area contributed by atoms with Gasteiger partial charge in [0.1, 0.15) is 0 Å². The Kier molecular flexibility index (Phi) is 7.02. The van der Waals surface area contributed by atoms with Gasteiger partial charge in [-0.05, 0) is 24.6 Å². The Morgan fingerprint density at radius 3 is 2.21 bits per heavy atom. The molecule has 0 aliphatic carbocycles. The highest BCUT2D eigenvalue weighted by Gasteiger charge is 2.24. The molecule has 0 bridgehead atoms. The molecule has 3 amide bonds. The smallest absolute Gasteiger partial charge is 0.319 e. The number of sulfonamides is 1. The molecule has 0 spiro atoms. The van der Waals surface area contributed by atoms with E-state index in [0.29, 0.717) is 37.4 Å². The molecule has 0 atom stereocenters. The third kappa shape index (κ3) is 5.21. The minimum absolute atomic E-state index is 0.0293. The number of rotatable bonds is 5. The summed E-state index contributed by atoms with van der Waals surface area (Å²) in [6.07, 6.45) is 0. The number of nitrogens with zero attached hydrogens (tertiary/aromatic N) is 4. The second kappa shape index (κ2) is 8.89. The van der Waals surface area contributed by atoms with E-state index in [2.05, 4.69) is 5.32 Å². The first kappa shape index (κ1) is 22.1. The number of hydrogen-bond acceptors (Lipinski definition) is 5. The molecule has 1 N–H and O–H groups in total. The molecule has 0 unspecified atom stereocenters. The number of amides is 3. The first-order valence-corrected chi connectivity index (χ1v) is 10.5. The van der Waals surface area contributed by atoms with E-state index in [1.165, 1.54) is 20.2 Å². The molecule has 1 saturated heterocycles. The molecule has 9 nitrogen and oxygen atoms in total. The van der Waals surface area contributed by atoms with Crippen molar-refractivity contribution < 1.29 is 18.0 Å². The van der Waals surface area contributed by atoms with Crippen LogP contribution in [0.1, 0.15) is 5.56 Å². The summed E-state index contributed by atoms with van der Waals surface area (Å²) in [5.41, 5.74) is 1.06. The van der Waals surface area contributed by atoms with E-state index in [0.717, 1.165) is 4.31 Å². The molecule has 1 aliphatic heterocycles. The van der Waals surface area contributed by atoms with Gasteiger partial charge in [0, 0.05) is 60.1 Å². The summed E-state index contributed by atoms with van der Waals surface area (Å²) in [4.78, 5) is 29.8. The lowest BCUT2D eigenvalue weighted by atomic mass is 10.2. The van der Waals surface area contributed by atoms with E-state index < -0.39 is 10.0 Å². The van der Waals surface area contributed by atoms with E-state index in [1.54, 1.807) is 43.0 Å². The summed E-state index contributed by atoms with van der Waals surface area (Å²) in [5, 5.41) is 2.77. The highest BCUT2D eigenvalue weighted by Crippen LogP contribution is 2.22. The Balaban J connectivity index is 1.97. The van der Waals surface area contributed by atoms with Gasteiger partial charge in [0.05, 0.1) is 11.4 Å². The maximum atomic E-state index is 12.4. The van der Waals surface area contributed by atoms with Crippen LogP contribution in [0.2, 0.25) is 0 Å². The minimum atomic E-state index is -3.58. The Morgan fingerprint density at radius 2 is 1.68 bits per heavy atom. The van der Waals surface area contributed by atoms with E-state index in [4.69, 9.17) is 0 Å². The van der Waals surface area contributed by atoms with Crippen molar-refractivity contribution in [3.8, 4) is 0 Å². The second-order valence-electron chi connectivity index (χ2n) is 7.26. The second-order valence-corrected chi connectivity index (χ2v) is 9.38. The summed E-state index contributed by atoms with van der Waals surface area (Å²) >= 11 is 0. The lowest BCUT2D eigenvalue weighted by molar-refractivity contribution is -0.117. The van der Waals surface area contributed by atoms with Crippen LogP contribution in [0.25, 0.3) is 0 Å². The van der Waals surface area contributed by atoms with Gasteiger partial charge in [-0.2, -0.15) is 0 Å². The van der Waals surface area contributed by atoms with Crippen LogP contribution < -0.4 is 5.32 Å². The number of nitrogens with one attached hydrogen (secondary N) is 1. The van der Waals surface area contributed by atoms with Crippen LogP contribution in [0, 0.1) is 6.92 Å². The summed E-state index contributed by atoms with van der Waals surface area (Å²) in [7, 11) is 2.80. The summed E-state index contributed by atoms with van der Waals surface area (Å²) in [6, 6.07) is 4.82. The van der Waals surface area contributed by atoms with Crippen molar-refractivity contribution in [2.24, 2.45) is 0 Å². The monoisotopic (exact) mass is 411 g/mol. The fourth-order valence-corrected chi connectivity index (χ4v) is 4.08. The molecule has 1 aromatic rings. The lowest BCUT2D eigenvalue weighted by Gasteiger charge is -2.35. The van der Waals surface area contributed by atoms with E-state index in [9.17, 15) is 18.0 Å². The highest BCUT2D eigenvalue weighted by molar-refractivity contribution is 7.89. The third-order valence-electron chi connectivity index (χ3n) is 4.62. The van der Waals surface area contributed by atoms with E-state index >= 15 is 0 Å². The molecule has 1 aromatic carbocycles. The van der Waals surface area contributed by atoms with Crippen LogP contribution in [-0.2, 0) is 14.8 Å². The maximum Gasteiger partial charge on any atom is 0.319 e. The van der Waals surface area contributed by atoms with E-state index in [1.807, 2.05) is 4.90 Å². The van der Waals surface area contributed by atoms with Gasteiger partial charge < -0.3 is 15.1 Å². The van der Waals surface area contributed by atoms with Crippen LogP contribution in [0.3, 0.4) is 0 Å². The molecule has 2 rings (SSSR count). The van der Waals surface area contributed by atoms with Gasteiger partial charge in [0.15, 0.2) is 0 Å². The predicted molar refractivity (Wildman–Crippen MR) is 108 cm³/mol. The number of carbonyl (C=O) groups excluding carboxylic acids is 2. The normalized spacial score (nSPS) is 15.6. The van der Waals surface area contributed by atoms with Crippen LogP contribution in [0.4, 0.5) is 10.5 Å². The number of carbonyl (C=O) groups is 2. The zero-order valence-electron chi connectivity index (χ0n) is 17.1. The van der Waals surface area contributed by atoms with Crippen molar-refractivity contribution in [1.29, 1.82) is 0 Å². The van der Waals surface area contributed by atoms with Crippen molar-refractivity contribution in [2.45, 2.75) is 11.8 Å². The zero-order valence-corrected chi connectivity index (χ0v) is 17.9. The van der Waals surface area contributed by atoms with Crippen molar-refractivity contribution >= 4 is 27.6 Å². The highest BCUT2D eigenvalue weighted by atomic mass is 32.2. The van der Waals surface area contributed by atoms with Crippen molar-refractivity contribution in [1.82, 2.24) is 19.0 Å². The average Bonchev–Trinajstić information content (AvgIpc) is 2.63. The van der Waals surface area contributed by atoms with Crippen molar-refractivity contribution in [3.05, 3.63) is 23.8 Å². The van der Waals surface area contributed by atoms with Gasteiger partial charge in [-0.15, -0.1) is 0 Å². The van der Waals surface area contributed by atoms with Crippen LogP contribution in [0.15, 0.2) is 23.1 Å². The van der Waals surface area contributed by atoms with Gasteiger partial charge in [-0.1, -0.05) is 6.07 Å². The molecule has 156 valence electrons. The van der Waals surface area contributed by atoms with Gasteiger partial charge in [0.2, 0.25) is 15.9 Å². The lowest BCUT2D eigenvalue weighted by Crippen LogP contribution is -2.52. The Morgan fingerprint density at radius 1 is 1.07 bits per heavy atom. The number of piperazine rings is 1. The molecule has 1 heterocycles.